The summed E-state index contributed by atoms with van der Waals surface area (Å²) in [4.78, 5) is 30.9. The van der Waals surface area contributed by atoms with Crippen molar-refractivity contribution in [3.8, 4) is 0 Å². The fraction of sp³-hybridized carbons (Fsp3) is 0.556. The fourth-order valence-corrected chi connectivity index (χ4v) is 3.88. The van der Waals surface area contributed by atoms with Gasteiger partial charge in [-0.3, -0.25) is 9.59 Å². The van der Waals surface area contributed by atoms with Crippen LogP contribution in [-0.2, 0) is 4.79 Å². The summed E-state index contributed by atoms with van der Waals surface area (Å²) in [6.45, 7) is 2.23. The highest BCUT2D eigenvalue weighted by Gasteiger charge is 2.52. The highest BCUT2D eigenvalue weighted by atomic mass is 16.4. The van der Waals surface area contributed by atoms with Gasteiger partial charge in [0.2, 0.25) is 0 Å². The number of amides is 1. The molecule has 8 nitrogen and oxygen atoms in total. The van der Waals surface area contributed by atoms with E-state index in [1.54, 1.807) is 16.9 Å². The number of aliphatic hydroxyl groups excluding tert-OH is 1. The monoisotopic (exact) mass is 358 g/mol. The second kappa shape index (κ2) is 6.05. The standard InChI is InChI=1S/C18H22N4O4/c1-11-7-19-15-13(8-20-22(15)9-11)16(24)21-5-4-14(23)18(10-21,17(25)26)6-12-2-3-12/h7-9,12,14,23H,2-6,10H2,1H3,(H,25,26)/t14-,18+/m0/s1. The molecule has 2 aromatic rings. The van der Waals surface area contributed by atoms with Gasteiger partial charge in [-0.1, -0.05) is 12.8 Å². The number of likely N-dealkylation sites (tertiary alicyclic amines) is 1. The smallest absolute Gasteiger partial charge is 0.314 e. The normalized spacial score (nSPS) is 26.2. The summed E-state index contributed by atoms with van der Waals surface area (Å²) in [5.41, 5.74) is 0.444. The molecule has 4 rings (SSSR count). The minimum absolute atomic E-state index is 0.0159. The molecule has 3 heterocycles. The summed E-state index contributed by atoms with van der Waals surface area (Å²) in [5.74, 6) is -0.981. The molecule has 1 amide bonds. The van der Waals surface area contributed by atoms with Crippen molar-refractivity contribution in [3.05, 3.63) is 29.7 Å². The van der Waals surface area contributed by atoms with Crippen LogP contribution in [0.3, 0.4) is 0 Å². The highest BCUT2D eigenvalue weighted by molar-refractivity contribution is 6.00. The number of aliphatic carboxylic acids is 1. The molecular weight excluding hydrogens is 336 g/mol. The Balaban J connectivity index is 1.64. The van der Waals surface area contributed by atoms with Crippen LogP contribution in [0.15, 0.2) is 18.6 Å². The number of piperidine rings is 1. The average molecular weight is 358 g/mol. The Morgan fingerprint density at radius 3 is 2.77 bits per heavy atom. The van der Waals surface area contributed by atoms with Gasteiger partial charge in [-0.05, 0) is 31.2 Å². The van der Waals surface area contributed by atoms with Gasteiger partial charge in [-0.15, -0.1) is 0 Å². The average Bonchev–Trinajstić information content (AvgIpc) is 3.32. The molecule has 2 atom stereocenters. The zero-order valence-corrected chi connectivity index (χ0v) is 14.6. The maximum Gasteiger partial charge on any atom is 0.314 e. The van der Waals surface area contributed by atoms with Crippen LogP contribution in [0.5, 0.6) is 0 Å². The van der Waals surface area contributed by atoms with Gasteiger partial charge in [0.05, 0.1) is 12.3 Å². The molecule has 0 radical (unpaired) electrons. The van der Waals surface area contributed by atoms with E-state index in [2.05, 4.69) is 10.1 Å². The van der Waals surface area contributed by atoms with Crippen molar-refractivity contribution in [1.82, 2.24) is 19.5 Å². The first-order valence-corrected chi connectivity index (χ1v) is 8.91. The fourth-order valence-electron chi connectivity index (χ4n) is 3.88. The number of carbonyl (C=O) groups excluding carboxylic acids is 1. The number of aromatic nitrogens is 3. The number of hydrogen-bond donors (Lipinski definition) is 2. The molecule has 1 saturated heterocycles. The van der Waals surface area contributed by atoms with Gasteiger partial charge >= 0.3 is 5.97 Å². The van der Waals surface area contributed by atoms with Crippen molar-refractivity contribution in [2.75, 3.05) is 13.1 Å². The first-order chi connectivity index (χ1) is 12.4. The molecular formula is C18H22N4O4. The zero-order chi connectivity index (χ0) is 18.5. The van der Waals surface area contributed by atoms with Crippen LogP contribution in [0.25, 0.3) is 5.65 Å². The highest BCUT2D eigenvalue weighted by Crippen LogP contribution is 2.45. The molecule has 2 aromatic heterocycles. The largest absolute Gasteiger partial charge is 0.481 e. The van der Waals surface area contributed by atoms with Gasteiger partial charge in [0.25, 0.3) is 5.91 Å². The van der Waals surface area contributed by atoms with Crippen LogP contribution in [0.2, 0.25) is 0 Å². The maximum atomic E-state index is 13.0. The van der Waals surface area contributed by atoms with Crippen LogP contribution < -0.4 is 0 Å². The van der Waals surface area contributed by atoms with E-state index in [1.807, 2.05) is 6.92 Å². The summed E-state index contributed by atoms with van der Waals surface area (Å²) in [5, 5.41) is 24.5. The second-order valence-corrected chi connectivity index (χ2v) is 7.60. The Bertz CT molecular complexity index is 875. The molecule has 0 unspecified atom stereocenters. The van der Waals surface area contributed by atoms with Gasteiger partial charge in [0.15, 0.2) is 5.65 Å². The third-order valence-corrected chi connectivity index (χ3v) is 5.56. The third kappa shape index (κ3) is 2.74. The number of aryl methyl sites for hydroxylation is 1. The van der Waals surface area contributed by atoms with E-state index in [0.717, 1.165) is 18.4 Å². The topological polar surface area (TPSA) is 108 Å². The molecule has 1 aliphatic carbocycles. The number of carbonyl (C=O) groups is 2. The lowest BCUT2D eigenvalue weighted by molar-refractivity contribution is -0.163. The van der Waals surface area contributed by atoms with Gasteiger partial charge in [0, 0.05) is 25.5 Å². The minimum atomic E-state index is -1.29. The Hall–Kier alpha value is -2.48. The number of rotatable bonds is 4. The molecule has 8 heteroatoms. The van der Waals surface area contributed by atoms with Crippen molar-refractivity contribution < 1.29 is 19.8 Å². The van der Waals surface area contributed by atoms with Crippen LogP contribution in [-0.4, -0.2) is 60.8 Å². The van der Waals surface area contributed by atoms with E-state index in [0.29, 0.717) is 30.1 Å². The first kappa shape index (κ1) is 17.0. The van der Waals surface area contributed by atoms with Gasteiger partial charge in [-0.2, -0.15) is 5.10 Å². The number of nitrogens with zero attached hydrogens (tertiary/aromatic N) is 4. The number of carboxylic acid groups (broad SMARTS) is 1. The van der Waals surface area contributed by atoms with Crippen molar-refractivity contribution >= 4 is 17.5 Å². The van der Waals surface area contributed by atoms with Crippen molar-refractivity contribution in [2.45, 2.75) is 38.7 Å². The van der Waals surface area contributed by atoms with E-state index in [4.69, 9.17) is 0 Å². The van der Waals surface area contributed by atoms with Crippen LogP contribution in [0, 0.1) is 18.3 Å². The molecule has 138 valence electrons. The van der Waals surface area contributed by atoms with E-state index >= 15 is 0 Å². The Labute approximate surface area is 150 Å². The predicted molar refractivity (Wildman–Crippen MR) is 91.7 cm³/mol. The molecule has 1 aliphatic heterocycles. The Kier molecular flexibility index (Phi) is 3.95. The molecule has 0 bridgehead atoms. The summed E-state index contributed by atoms with van der Waals surface area (Å²) in [6.07, 6.45) is 6.65. The lowest BCUT2D eigenvalue weighted by Gasteiger charge is -2.43. The number of fused-ring (bicyclic) bond motifs is 1. The van der Waals surface area contributed by atoms with Crippen molar-refractivity contribution in [1.29, 1.82) is 0 Å². The van der Waals surface area contributed by atoms with E-state index < -0.39 is 17.5 Å². The molecule has 0 aromatic carbocycles. The van der Waals surface area contributed by atoms with E-state index in [1.165, 1.54) is 11.1 Å². The third-order valence-electron chi connectivity index (χ3n) is 5.56. The van der Waals surface area contributed by atoms with E-state index in [-0.39, 0.29) is 18.9 Å². The first-order valence-electron chi connectivity index (χ1n) is 8.91. The summed E-state index contributed by atoms with van der Waals surface area (Å²) < 4.78 is 1.55. The molecule has 2 aliphatic rings. The van der Waals surface area contributed by atoms with Crippen LogP contribution in [0.1, 0.15) is 41.6 Å². The lowest BCUT2D eigenvalue weighted by atomic mass is 9.73. The molecule has 1 saturated carbocycles. The van der Waals surface area contributed by atoms with Gasteiger partial charge < -0.3 is 15.1 Å². The zero-order valence-electron chi connectivity index (χ0n) is 14.6. The molecule has 2 N–H and O–H groups in total. The summed E-state index contributed by atoms with van der Waals surface area (Å²) in [6, 6.07) is 0. The van der Waals surface area contributed by atoms with Gasteiger partial charge in [-0.25, -0.2) is 9.50 Å². The number of carboxylic acids is 1. The second-order valence-electron chi connectivity index (χ2n) is 7.60. The van der Waals surface area contributed by atoms with E-state index in [9.17, 15) is 19.8 Å². The van der Waals surface area contributed by atoms with Crippen molar-refractivity contribution in [3.63, 3.8) is 0 Å². The maximum absolute atomic E-state index is 13.0. The Morgan fingerprint density at radius 2 is 2.08 bits per heavy atom. The SMILES string of the molecule is Cc1cnc2c(C(=O)N3CC[C@H](O)[C@](CC4CC4)(C(=O)O)C3)cnn2c1. The minimum Gasteiger partial charge on any atom is -0.481 e. The van der Waals surface area contributed by atoms with Gasteiger partial charge in [0.1, 0.15) is 11.0 Å². The predicted octanol–water partition coefficient (Wildman–Crippen LogP) is 1.12. The quantitative estimate of drug-likeness (QED) is 0.848. The van der Waals surface area contributed by atoms with Crippen molar-refractivity contribution in [2.24, 2.45) is 11.3 Å². The lowest BCUT2D eigenvalue weighted by Crippen LogP contribution is -2.57. The van der Waals surface area contributed by atoms with Crippen LogP contribution >= 0.6 is 0 Å². The van der Waals surface area contributed by atoms with Crippen LogP contribution in [0.4, 0.5) is 0 Å². The molecule has 0 spiro atoms. The number of aliphatic hydroxyl groups is 1. The summed E-state index contributed by atoms with van der Waals surface area (Å²) >= 11 is 0. The summed E-state index contributed by atoms with van der Waals surface area (Å²) in [7, 11) is 0. The number of hydrogen-bond acceptors (Lipinski definition) is 5. The Morgan fingerprint density at radius 1 is 1.31 bits per heavy atom. The molecule has 2 fully saturated rings. The molecule has 26 heavy (non-hydrogen) atoms.